The standard InChI is InChI=1S/C16H21NO3/c1-16(2)13(14(16)15(18)17(3)19-4)11-6-5-7-12-10(11)8-9-20-12/h5-7,13-14H,8-9H2,1-4H3/t13-,14+/m1/s1. The molecule has 1 aromatic carbocycles. The molecule has 0 bridgehead atoms. The van der Waals surface area contributed by atoms with Gasteiger partial charge in [0, 0.05) is 24.9 Å². The van der Waals surface area contributed by atoms with Crippen LogP contribution >= 0.6 is 0 Å². The van der Waals surface area contributed by atoms with Crippen molar-refractivity contribution in [2.24, 2.45) is 11.3 Å². The van der Waals surface area contributed by atoms with E-state index in [9.17, 15) is 4.79 Å². The highest BCUT2D eigenvalue weighted by atomic mass is 16.7. The van der Waals surface area contributed by atoms with Gasteiger partial charge in [-0.3, -0.25) is 9.63 Å². The molecule has 20 heavy (non-hydrogen) atoms. The van der Waals surface area contributed by atoms with Crippen molar-refractivity contribution in [3.63, 3.8) is 0 Å². The number of amides is 1. The normalized spacial score (nSPS) is 25.8. The first-order chi connectivity index (χ1) is 9.48. The van der Waals surface area contributed by atoms with Crippen molar-refractivity contribution in [3.05, 3.63) is 29.3 Å². The molecule has 108 valence electrons. The van der Waals surface area contributed by atoms with E-state index in [1.54, 1.807) is 7.05 Å². The number of hydrogen-bond donors (Lipinski definition) is 0. The van der Waals surface area contributed by atoms with E-state index in [1.165, 1.54) is 23.3 Å². The fraction of sp³-hybridized carbons (Fsp3) is 0.562. The first-order valence-electron chi connectivity index (χ1n) is 7.04. The number of hydroxylamine groups is 2. The number of benzene rings is 1. The van der Waals surface area contributed by atoms with Crippen molar-refractivity contribution < 1.29 is 14.4 Å². The molecule has 1 aliphatic heterocycles. The number of carbonyl (C=O) groups is 1. The molecule has 4 heteroatoms. The SMILES string of the molecule is CON(C)C(=O)[C@@H]1[C@@H](c2cccc3c2CCO3)C1(C)C. The molecule has 1 heterocycles. The maximum absolute atomic E-state index is 12.4. The predicted octanol–water partition coefficient (Wildman–Crippen LogP) is 2.38. The van der Waals surface area contributed by atoms with Gasteiger partial charge in [0.15, 0.2) is 0 Å². The van der Waals surface area contributed by atoms with Crippen molar-refractivity contribution in [3.8, 4) is 5.75 Å². The van der Waals surface area contributed by atoms with Crippen molar-refractivity contribution in [2.75, 3.05) is 20.8 Å². The van der Waals surface area contributed by atoms with Crippen LogP contribution in [-0.2, 0) is 16.1 Å². The first kappa shape index (κ1) is 13.4. The van der Waals surface area contributed by atoms with E-state index in [0.29, 0.717) is 0 Å². The van der Waals surface area contributed by atoms with Gasteiger partial charge in [-0.15, -0.1) is 0 Å². The average molecular weight is 275 g/mol. The zero-order valence-corrected chi connectivity index (χ0v) is 12.5. The summed E-state index contributed by atoms with van der Waals surface area (Å²) >= 11 is 0. The van der Waals surface area contributed by atoms with Gasteiger partial charge >= 0.3 is 0 Å². The second-order valence-electron chi connectivity index (χ2n) is 6.22. The molecule has 1 fully saturated rings. The summed E-state index contributed by atoms with van der Waals surface area (Å²) in [5, 5.41) is 1.34. The summed E-state index contributed by atoms with van der Waals surface area (Å²) in [4.78, 5) is 17.4. The summed E-state index contributed by atoms with van der Waals surface area (Å²) in [5.41, 5.74) is 2.52. The highest BCUT2D eigenvalue weighted by Gasteiger charge is 2.63. The largest absolute Gasteiger partial charge is 0.493 e. The van der Waals surface area contributed by atoms with E-state index < -0.39 is 0 Å². The minimum Gasteiger partial charge on any atom is -0.493 e. The van der Waals surface area contributed by atoms with Crippen molar-refractivity contribution in [2.45, 2.75) is 26.2 Å². The number of fused-ring (bicyclic) bond motifs is 1. The van der Waals surface area contributed by atoms with E-state index in [-0.39, 0.29) is 23.2 Å². The molecule has 1 aliphatic carbocycles. The maximum atomic E-state index is 12.4. The molecule has 0 saturated heterocycles. The van der Waals surface area contributed by atoms with Crippen molar-refractivity contribution in [1.29, 1.82) is 0 Å². The highest BCUT2D eigenvalue weighted by molar-refractivity contribution is 5.84. The highest BCUT2D eigenvalue weighted by Crippen LogP contribution is 2.66. The van der Waals surface area contributed by atoms with Crippen LogP contribution in [0.3, 0.4) is 0 Å². The number of hydrogen-bond acceptors (Lipinski definition) is 3. The van der Waals surface area contributed by atoms with Crippen molar-refractivity contribution >= 4 is 5.91 Å². The van der Waals surface area contributed by atoms with Gasteiger partial charge in [-0.2, -0.15) is 0 Å². The van der Waals surface area contributed by atoms with Crippen LogP contribution in [0, 0.1) is 11.3 Å². The Hall–Kier alpha value is -1.55. The lowest BCUT2D eigenvalue weighted by molar-refractivity contribution is -0.171. The van der Waals surface area contributed by atoms with Crippen LogP contribution in [0.5, 0.6) is 5.75 Å². The molecular weight excluding hydrogens is 254 g/mol. The minimum atomic E-state index is -0.0262. The van der Waals surface area contributed by atoms with Crippen LogP contribution in [0.15, 0.2) is 18.2 Å². The fourth-order valence-electron chi connectivity index (χ4n) is 3.50. The third-order valence-electron chi connectivity index (χ3n) is 4.79. The molecule has 0 N–H and O–H groups in total. The Bertz CT molecular complexity index is 553. The molecule has 1 amide bonds. The Morgan fingerprint density at radius 2 is 2.20 bits per heavy atom. The monoisotopic (exact) mass is 275 g/mol. The van der Waals surface area contributed by atoms with Crippen molar-refractivity contribution in [1.82, 2.24) is 5.06 Å². The quantitative estimate of drug-likeness (QED) is 0.795. The van der Waals surface area contributed by atoms with Crippen LogP contribution in [0.25, 0.3) is 0 Å². The molecule has 1 aromatic rings. The summed E-state index contributed by atoms with van der Waals surface area (Å²) in [6.45, 7) is 5.05. The Morgan fingerprint density at radius 1 is 1.45 bits per heavy atom. The molecule has 1 saturated carbocycles. The van der Waals surface area contributed by atoms with Crippen LogP contribution in [0.4, 0.5) is 0 Å². The molecule has 2 atom stereocenters. The van der Waals surface area contributed by atoms with E-state index >= 15 is 0 Å². The van der Waals surface area contributed by atoms with Crippen LogP contribution < -0.4 is 4.74 Å². The maximum Gasteiger partial charge on any atom is 0.250 e. The van der Waals surface area contributed by atoms with Gasteiger partial charge in [-0.1, -0.05) is 26.0 Å². The zero-order chi connectivity index (χ0) is 14.5. The van der Waals surface area contributed by atoms with Gasteiger partial charge in [-0.25, -0.2) is 5.06 Å². The lowest BCUT2D eigenvalue weighted by Crippen LogP contribution is -2.28. The smallest absolute Gasteiger partial charge is 0.250 e. The summed E-state index contributed by atoms with van der Waals surface area (Å²) in [7, 11) is 3.20. The second-order valence-corrected chi connectivity index (χ2v) is 6.22. The number of carbonyl (C=O) groups excluding carboxylic acids is 1. The van der Waals surface area contributed by atoms with Gasteiger partial charge in [0.25, 0.3) is 0 Å². The molecule has 0 spiro atoms. The molecule has 0 radical (unpaired) electrons. The lowest BCUT2D eigenvalue weighted by Gasteiger charge is -2.14. The number of ether oxygens (including phenoxy) is 1. The fourth-order valence-corrected chi connectivity index (χ4v) is 3.50. The van der Waals surface area contributed by atoms with E-state index in [0.717, 1.165) is 18.8 Å². The number of rotatable bonds is 3. The molecule has 2 aliphatic rings. The molecule has 3 rings (SSSR count). The van der Waals surface area contributed by atoms with Gasteiger partial charge in [0.1, 0.15) is 5.75 Å². The van der Waals surface area contributed by atoms with E-state index in [4.69, 9.17) is 9.57 Å². The van der Waals surface area contributed by atoms with Gasteiger partial charge < -0.3 is 4.74 Å². The Labute approximate surface area is 119 Å². The zero-order valence-electron chi connectivity index (χ0n) is 12.5. The van der Waals surface area contributed by atoms with E-state index in [1.807, 2.05) is 12.1 Å². The molecule has 0 unspecified atom stereocenters. The third-order valence-corrected chi connectivity index (χ3v) is 4.79. The topological polar surface area (TPSA) is 38.8 Å². The second kappa shape index (κ2) is 4.48. The van der Waals surface area contributed by atoms with Crippen LogP contribution in [0.1, 0.15) is 30.9 Å². The summed E-state index contributed by atoms with van der Waals surface area (Å²) in [5.74, 6) is 1.28. The van der Waals surface area contributed by atoms with E-state index in [2.05, 4.69) is 19.9 Å². The minimum absolute atomic E-state index is 0.0143. The molecular formula is C16H21NO3. The Morgan fingerprint density at radius 3 is 2.90 bits per heavy atom. The van der Waals surface area contributed by atoms with Gasteiger partial charge in [0.05, 0.1) is 19.6 Å². The molecule has 0 aromatic heterocycles. The first-order valence-corrected chi connectivity index (χ1v) is 7.04. The van der Waals surface area contributed by atoms with Gasteiger partial charge in [-0.05, 0) is 17.0 Å². The summed E-state index contributed by atoms with van der Waals surface area (Å²) in [6, 6.07) is 6.18. The van der Waals surface area contributed by atoms with Gasteiger partial charge in [0.2, 0.25) is 5.91 Å². The van der Waals surface area contributed by atoms with Crippen LogP contribution in [0.2, 0.25) is 0 Å². The predicted molar refractivity (Wildman–Crippen MR) is 75.4 cm³/mol. The summed E-state index contributed by atoms with van der Waals surface area (Å²) in [6.07, 6.45) is 0.944. The third kappa shape index (κ3) is 1.82. The Balaban J connectivity index is 1.92. The number of nitrogens with zero attached hydrogens (tertiary/aromatic N) is 1. The Kier molecular flexibility index (Phi) is 3.01. The molecule has 4 nitrogen and oxygen atoms in total. The summed E-state index contributed by atoms with van der Waals surface area (Å²) < 4.78 is 5.63. The van der Waals surface area contributed by atoms with Crippen LogP contribution in [-0.4, -0.2) is 31.7 Å². The average Bonchev–Trinajstić information content (AvgIpc) is 2.78. The lowest BCUT2D eigenvalue weighted by atomic mass is 9.96.